The first-order valence-electron chi connectivity index (χ1n) is 21.3. The highest BCUT2D eigenvalue weighted by Crippen LogP contribution is 2.43. The molecule has 4 atom stereocenters. The van der Waals surface area contributed by atoms with Gasteiger partial charge in [0.05, 0.1) is 25.4 Å². The van der Waals surface area contributed by atoms with Gasteiger partial charge in [0, 0.05) is 19.4 Å². The molecule has 0 aromatic rings. The molecule has 0 radical (unpaired) electrons. The molecule has 0 aliphatic carbocycles. The molecule has 0 aromatic carbocycles. The summed E-state index contributed by atoms with van der Waals surface area (Å²) in [4.78, 5) is 34.8. The SMILES string of the molecule is CC/C=C\C[C@@H](O)/C=C/C=C\C=C\[C@@H](O)C/C=C\C/C=C\CCC(=O)OC[C@H](COP(=O)(O)OCCN)OC(=O)CCCCCCC/C=C\CCCCCCCC. The van der Waals surface area contributed by atoms with Crippen LogP contribution < -0.4 is 5.73 Å². The number of carbonyl (C=O) groups excluding carboxylic acids is 2. The monoisotopic (exact) mass is 822 g/mol. The van der Waals surface area contributed by atoms with Gasteiger partial charge in [0.1, 0.15) is 6.61 Å². The molecule has 0 rings (SSSR count). The van der Waals surface area contributed by atoms with Crippen molar-refractivity contribution in [2.45, 2.75) is 161 Å². The standard InChI is InChI=1S/C45H76NO10P/c1-3-5-7-8-9-10-11-12-13-14-15-16-17-22-30-36-45(50)56-43(40-55-57(51,52)54-38-37-46)39-53-44(49)35-29-21-19-18-20-26-32-42(48)34-28-24-23-27-33-41(47)31-25-6-4-2/h6,12-13,19-21,23-28,33-34,41-43,47-48H,3-5,7-11,14-18,22,29-32,35-40,46H2,1-2H3,(H,51,52)/b13-12-,21-19-,24-23-,25-6-,26-20-,33-27+,34-28+/t41-,42+,43-/m1/s1. The summed E-state index contributed by atoms with van der Waals surface area (Å²) in [6, 6.07) is 0. The quantitative estimate of drug-likeness (QED) is 0.0153. The van der Waals surface area contributed by atoms with E-state index in [1.165, 1.54) is 38.5 Å². The molecule has 57 heavy (non-hydrogen) atoms. The number of phosphoric ester groups is 1. The van der Waals surface area contributed by atoms with E-state index in [1.54, 1.807) is 36.5 Å². The van der Waals surface area contributed by atoms with Gasteiger partial charge in [-0.15, -0.1) is 0 Å². The van der Waals surface area contributed by atoms with Crippen molar-refractivity contribution >= 4 is 19.8 Å². The fraction of sp³-hybridized carbons (Fsp3) is 0.644. The van der Waals surface area contributed by atoms with Gasteiger partial charge in [0.15, 0.2) is 6.10 Å². The summed E-state index contributed by atoms with van der Waals surface area (Å²) in [7, 11) is -4.42. The Morgan fingerprint density at radius 1 is 0.632 bits per heavy atom. The minimum absolute atomic E-state index is 0.0218. The molecule has 0 aromatic heterocycles. The highest BCUT2D eigenvalue weighted by molar-refractivity contribution is 7.47. The van der Waals surface area contributed by atoms with E-state index in [-0.39, 0.29) is 32.6 Å². The van der Waals surface area contributed by atoms with E-state index < -0.39 is 44.7 Å². The molecule has 0 fully saturated rings. The highest BCUT2D eigenvalue weighted by Gasteiger charge is 2.25. The number of allylic oxidation sites excluding steroid dienone is 10. The van der Waals surface area contributed by atoms with Gasteiger partial charge in [-0.1, -0.05) is 150 Å². The van der Waals surface area contributed by atoms with Crippen LogP contribution in [0.4, 0.5) is 0 Å². The molecule has 0 amide bonds. The second-order valence-electron chi connectivity index (χ2n) is 13.9. The number of phosphoric acid groups is 1. The first-order valence-corrected chi connectivity index (χ1v) is 22.8. The zero-order valence-corrected chi connectivity index (χ0v) is 35.9. The minimum atomic E-state index is -4.42. The number of carbonyl (C=O) groups is 2. The molecule has 12 heteroatoms. The largest absolute Gasteiger partial charge is 0.472 e. The number of hydrogen-bond acceptors (Lipinski definition) is 10. The average molecular weight is 822 g/mol. The van der Waals surface area contributed by atoms with Gasteiger partial charge >= 0.3 is 19.8 Å². The molecule has 0 bridgehead atoms. The van der Waals surface area contributed by atoms with Gasteiger partial charge < -0.3 is 30.3 Å². The van der Waals surface area contributed by atoms with E-state index >= 15 is 0 Å². The number of aliphatic hydroxyl groups is 2. The Bertz CT molecular complexity index is 1240. The molecule has 0 heterocycles. The van der Waals surface area contributed by atoms with Crippen molar-refractivity contribution in [3.05, 3.63) is 85.1 Å². The van der Waals surface area contributed by atoms with Crippen molar-refractivity contribution in [2.24, 2.45) is 5.73 Å². The summed E-state index contributed by atoms with van der Waals surface area (Å²) < 4.78 is 32.6. The zero-order chi connectivity index (χ0) is 42.1. The molecule has 0 saturated carbocycles. The number of ether oxygens (including phenoxy) is 2. The number of aliphatic hydroxyl groups excluding tert-OH is 2. The van der Waals surface area contributed by atoms with E-state index in [0.29, 0.717) is 32.1 Å². The lowest BCUT2D eigenvalue weighted by atomic mass is 10.1. The highest BCUT2D eigenvalue weighted by atomic mass is 31.2. The van der Waals surface area contributed by atoms with Crippen molar-refractivity contribution < 1.29 is 47.8 Å². The molecule has 0 aliphatic heterocycles. The second kappa shape index (κ2) is 39.9. The Balaban J connectivity index is 4.43. The number of esters is 2. The maximum Gasteiger partial charge on any atom is 0.472 e. The van der Waals surface area contributed by atoms with Crippen LogP contribution in [0, 0.1) is 0 Å². The summed E-state index contributed by atoms with van der Waals surface area (Å²) >= 11 is 0. The van der Waals surface area contributed by atoms with Crippen LogP contribution in [0.3, 0.4) is 0 Å². The van der Waals surface area contributed by atoms with Crippen molar-refractivity contribution in [3.8, 4) is 0 Å². The molecule has 5 N–H and O–H groups in total. The van der Waals surface area contributed by atoms with Crippen molar-refractivity contribution in [2.75, 3.05) is 26.4 Å². The van der Waals surface area contributed by atoms with Crippen LogP contribution in [0.1, 0.15) is 142 Å². The van der Waals surface area contributed by atoms with E-state index in [4.69, 9.17) is 24.3 Å². The zero-order valence-electron chi connectivity index (χ0n) is 35.0. The van der Waals surface area contributed by atoms with Gasteiger partial charge in [-0.3, -0.25) is 18.6 Å². The first kappa shape index (κ1) is 54.1. The predicted molar refractivity (Wildman–Crippen MR) is 231 cm³/mol. The normalized spacial score (nSPS) is 15.3. The maximum atomic E-state index is 12.6. The fourth-order valence-electron chi connectivity index (χ4n) is 5.24. The topological polar surface area (TPSA) is 175 Å². The van der Waals surface area contributed by atoms with Crippen molar-refractivity contribution in [1.82, 2.24) is 0 Å². The molecule has 0 aliphatic rings. The molecule has 11 nitrogen and oxygen atoms in total. The van der Waals surface area contributed by atoms with E-state index in [2.05, 4.69) is 19.1 Å². The van der Waals surface area contributed by atoms with Crippen LogP contribution in [-0.4, -0.2) is 71.7 Å². The molecular formula is C45H76NO10P. The van der Waals surface area contributed by atoms with Crippen LogP contribution in [0.25, 0.3) is 0 Å². The van der Waals surface area contributed by atoms with Crippen molar-refractivity contribution in [3.63, 3.8) is 0 Å². The minimum Gasteiger partial charge on any atom is -0.462 e. The third-order valence-corrected chi connectivity index (χ3v) is 9.43. The van der Waals surface area contributed by atoms with Crippen LogP contribution in [0.5, 0.6) is 0 Å². The Morgan fingerprint density at radius 3 is 1.81 bits per heavy atom. The lowest BCUT2D eigenvalue weighted by molar-refractivity contribution is -0.161. The van der Waals surface area contributed by atoms with Gasteiger partial charge in [0.2, 0.25) is 0 Å². The average Bonchev–Trinajstić information content (AvgIpc) is 3.19. The fourth-order valence-corrected chi connectivity index (χ4v) is 6.01. The summed E-state index contributed by atoms with van der Waals surface area (Å²) in [5.74, 6) is -1.01. The third kappa shape index (κ3) is 39.7. The molecular weight excluding hydrogens is 745 g/mol. The Morgan fingerprint density at radius 2 is 1.19 bits per heavy atom. The third-order valence-electron chi connectivity index (χ3n) is 8.44. The second-order valence-corrected chi connectivity index (χ2v) is 15.3. The number of nitrogens with two attached hydrogens (primary N) is 1. The van der Waals surface area contributed by atoms with Gasteiger partial charge in [-0.25, -0.2) is 4.57 Å². The van der Waals surface area contributed by atoms with Gasteiger partial charge in [0.25, 0.3) is 0 Å². The molecule has 1 unspecified atom stereocenters. The predicted octanol–water partition coefficient (Wildman–Crippen LogP) is 9.99. The molecule has 326 valence electrons. The molecule has 0 saturated heterocycles. The molecule has 0 spiro atoms. The van der Waals surface area contributed by atoms with Crippen LogP contribution in [-0.2, 0) is 32.7 Å². The van der Waals surface area contributed by atoms with Gasteiger partial charge in [-0.2, -0.15) is 0 Å². The number of hydrogen-bond donors (Lipinski definition) is 4. The summed E-state index contributed by atoms with van der Waals surface area (Å²) in [6.07, 6.45) is 42.6. The summed E-state index contributed by atoms with van der Waals surface area (Å²) in [5.41, 5.74) is 5.33. The number of rotatable bonds is 38. The van der Waals surface area contributed by atoms with E-state index in [0.717, 1.165) is 44.9 Å². The Labute approximate surface area is 344 Å². The van der Waals surface area contributed by atoms with Crippen LogP contribution >= 0.6 is 7.82 Å². The first-order chi connectivity index (χ1) is 27.6. The summed E-state index contributed by atoms with van der Waals surface area (Å²) in [6.45, 7) is 3.30. The van der Waals surface area contributed by atoms with Crippen LogP contribution in [0.15, 0.2) is 85.1 Å². The van der Waals surface area contributed by atoms with Crippen LogP contribution in [0.2, 0.25) is 0 Å². The van der Waals surface area contributed by atoms with Gasteiger partial charge in [-0.05, 0) is 64.2 Å². The lowest BCUT2D eigenvalue weighted by Crippen LogP contribution is -2.29. The van der Waals surface area contributed by atoms with E-state index in [9.17, 15) is 29.3 Å². The summed E-state index contributed by atoms with van der Waals surface area (Å²) in [5, 5.41) is 19.9. The lowest BCUT2D eigenvalue weighted by Gasteiger charge is -2.19. The Kier molecular flexibility index (Phi) is 37.9. The maximum absolute atomic E-state index is 12.6. The van der Waals surface area contributed by atoms with Crippen molar-refractivity contribution in [1.29, 1.82) is 0 Å². The number of unbranched alkanes of at least 4 members (excludes halogenated alkanes) is 11. The smallest absolute Gasteiger partial charge is 0.462 e. The Hall–Kier alpha value is -2.89. The van der Waals surface area contributed by atoms with E-state index in [1.807, 2.05) is 43.4 Å².